The molecule has 0 aliphatic carbocycles. The SMILES string of the molecule is CC(C)(C)NC(=O)c1ccnc(C(=O)NCc2ccc3c(c2)OCO3)c1. The molecule has 2 aromatic rings. The van der Waals surface area contributed by atoms with Crippen LogP contribution in [0.15, 0.2) is 36.5 Å². The van der Waals surface area contributed by atoms with Crippen molar-refractivity contribution in [2.45, 2.75) is 32.9 Å². The van der Waals surface area contributed by atoms with Gasteiger partial charge in [0.1, 0.15) is 5.69 Å². The number of amides is 2. The minimum absolute atomic E-state index is 0.187. The van der Waals surface area contributed by atoms with Gasteiger partial charge in [-0.1, -0.05) is 6.07 Å². The summed E-state index contributed by atoms with van der Waals surface area (Å²) in [6.45, 7) is 6.20. The molecule has 26 heavy (non-hydrogen) atoms. The van der Waals surface area contributed by atoms with Crippen molar-refractivity contribution in [2.75, 3.05) is 6.79 Å². The number of carbonyl (C=O) groups excluding carboxylic acids is 2. The van der Waals surface area contributed by atoms with Crippen LogP contribution in [0.5, 0.6) is 11.5 Å². The van der Waals surface area contributed by atoms with Gasteiger partial charge in [-0.05, 0) is 50.6 Å². The van der Waals surface area contributed by atoms with E-state index in [4.69, 9.17) is 9.47 Å². The zero-order valence-electron chi connectivity index (χ0n) is 15.0. The Kier molecular flexibility index (Phi) is 4.79. The van der Waals surface area contributed by atoms with Crippen molar-refractivity contribution in [1.82, 2.24) is 15.6 Å². The summed E-state index contributed by atoms with van der Waals surface area (Å²) < 4.78 is 10.6. The number of ether oxygens (including phenoxy) is 2. The first-order chi connectivity index (χ1) is 12.3. The monoisotopic (exact) mass is 355 g/mol. The molecule has 0 radical (unpaired) electrons. The van der Waals surface area contributed by atoms with E-state index in [0.29, 0.717) is 23.6 Å². The lowest BCUT2D eigenvalue weighted by molar-refractivity contribution is 0.0919. The Morgan fingerprint density at radius 1 is 1.08 bits per heavy atom. The molecule has 2 N–H and O–H groups in total. The quantitative estimate of drug-likeness (QED) is 0.878. The van der Waals surface area contributed by atoms with Crippen LogP contribution in [-0.2, 0) is 6.54 Å². The van der Waals surface area contributed by atoms with Gasteiger partial charge in [0.05, 0.1) is 0 Å². The molecule has 3 rings (SSSR count). The molecule has 1 aromatic carbocycles. The third-order valence-electron chi connectivity index (χ3n) is 3.63. The number of nitrogens with one attached hydrogen (secondary N) is 2. The summed E-state index contributed by atoms with van der Waals surface area (Å²) in [6.07, 6.45) is 1.45. The lowest BCUT2D eigenvalue weighted by atomic mass is 10.1. The van der Waals surface area contributed by atoms with Gasteiger partial charge < -0.3 is 20.1 Å². The van der Waals surface area contributed by atoms with E-state index >= 15 is 0 Å². The lowest BCUT2D eigenvalue weighted by Gasteiger charge is -2.20. The zero-order valence-corrected chi connectivity index (χ0v) is 15.0. The molecule has 0 saturated carbocycles. The van der Waals surface area contributed by atoms with Gasteiger partial charge in [-0.3, -0.25) is 14.6 Å². The van der Waals surface area contributed by atoms with E-state index < -0.39 is 0 Å². The van der Waals surface area contributed by atoms with Gasteiger partial charge >= 0.3 is 0 Å². The second-order valence-corrected chi connectivity index (χ2v) is 7.00. The van der Waals surface area contributed by atoms with Crippen molar-refractivity contribution in [1.29, 1.82) is 0 Å². The van der Waals surface area contributed by atoms with Gasteiger partial charge in [0.15, 0.2) is 11.5 Å². The molecule has 2 amide bonds. The summed E-state index contributed by atoms with van der Waals surface area (Å²) in [5.74, 6) is 0.757. The molecule has 2 heterocycles. The highest BCUT2D eigenvalue weighted by molar-refractivity contribution is 5.98. The Bertz CT molecular complexity index is 843. The number of aromatic nitrogens is 1. The van der Waals surface area contributed by atoms with Crippen LogP contribution < -0.4 is 20.1 Å². The Labute approximate surface area is 151 Å². The van der Waals surface area contributed by atoms with E-state index in [1.807, 2.05) is 32.9 Å². The van der Waals surface area contributed by atoms with Crippen LogP contribution in [0.2, 0.25) is 0 Å². The normalized spacial score (nSPS) is 12.6. The van der Waals surface area contributed by atoms with Gasteiger partial charge in [-0.25, -0.2) is 0 Å². The first-order valence-corrected chi connectivity index (χ1v) is 8.27. The highest BCUT2D eigenvalue weighted by atomic mass is 16.7. The van der Waals surface area contributed by atoms with Crippen molar-refractivity contribution in [3.05, 3.63) is 53.3 Å². The Hall–Kier alpha value is -3.09. The largest absolute Gasteiger partial charge is 0.454 e. The fourth-order valence-electron chi connectivity index (χ4n) is 2.43. The van der Waals surface area contributed by atoms with Gasteiger partial charge in [0.2, 0.25) is 6.79 Å². The van der Waals surface area contributed by atoms with E-state index in [2.05, 4.69) is 15.6 Å². The maximum atomic E-state index is 12.4. The third-order valence-corrected chi connectivity index (χ3v) is 3.63. The molecule has 7 nitrogen and oxygen atoms in total. The van der Waals surface area contributed by atoms with E-state index in [1.165, 1.54) is 12.3 Å². The van der Waals surface area contributed by atoms with Crippen molar-refractivity contribution >= 4 is 11.8 Å². The van der Waals surface area contributed by atoms with Gasteiger partial charge in [0, 0.05) is 23.8 Å². The number of hydrogen-bond donors (Lipinski definition) is 2. The number of rotatable bonds is 4. The van der Waals surface area contributed by atoms with Crippen LogP contribution in [0.1, 0.15) is 47.2 Å². The average Bonchev–Trinajstić information content (AvgIpc) is 3.06. The topological polar surface area (TPSA) is 89.6 Å². The molecule has 0 bridgehead atoms. The maximum absolute atomic E-state index is 12.4. The highest BCUT2D eigenvalue weighted by Crippen LogP contribution is 2.32. The van der Waals surface area contributed by atoms with Crippen molar-refractivity contribution < 1.29 is 19.1 Å². The Balaban J connectivity index is 1.64. The molecular formula is C19H21N3O4. The second kappa shape index (κ2) is 7.03. The number of benzene rings is 1. The van der Waals surface area contributed by atoms with Gasteiger partial charge in [-0.15, -0.1) is 0 Å². The first-order valence-electron chi connectivity index (χ1n) is 8.27. The van der Waals surface area contributed by atoms with Crippen LogP contribution in [0.25, 0.3) is 0 Å². The predicted molar refractivity (Wildman–Crippen MR) is 95.2 cm³/mol. The molecule has 0 atom stereocenters. The molecule has 1 aromatic heterocycles. The summed E-state index contributed by atoms with van der Waals surface area (Å²) in [5, 5.41) is 5.65. The summed E-state index contributed by atoms with van der Waals surface area (Å²) >= 11 is 0. The lowest BCUT2D eigenvalue weighted by Crippen LogP contribution is -2.40. The number of hydrogen-bond acceptors (Lipinski definition) is 5. The van der Waals surface area contributed by atoms with Gasteiger partial charge in [-0.2, -0.15) is 0 Å². The molecule has 0 saturated heterocycles. The molecule has 7 heteroatoms. The van der Waals surface area contributed by atoms with Crippen molar-refractivity contribution in [3.63, 3.8) is 0 Å². The van der Waals surface area contributed by atoms with Crippen LogP contribution in [-0.4, -0.2) is 29.1 Å². The number of fused-ring (bicyclic) bond motifs is 1. The summed E-state index contributed by atoms with van der Waals surface area (Å²) in [5.41, 5.74) is 1.10. The predicted octanol–water partition coefficient (Wildman–Crippen LogP) is 2.27. The van der Waals surface area contributed by atoms with Gasteiger partial charge in [0.25, 0.3) is 11.8 Å². The van der Waals surface area contributed by atoms with Crippen molar-refractivity contribution in [2.24, 2.45) is 0 Å². The second-order valence-electron chi connectivity index (χ2n) is 7.00. The third kappa shape index (κ3) is 4.30. The Morgan fingerprint density at radius 2 is 1.85 bits per heavy atom. The number of nitrogens with zero attached hydrogens (tertiary/aromatic N) is 1. The first kappa shape index (κ1) is 17.7. The van der Waals surface area contributed by atoms with Crippen LogP contribution >= 0.6 is 0 Å². The Morgan fingerprint density at radius 3 is 2.62 bits per heavy atom. The molecule has 1 aliphatic heterocycles. The van der Waals surface area contributed by atoms with E-state index in [-0.39, 0.29) is 29.8 Å². The minimum atomic E-state index is -0.359. The van der Waals surface area contributed by atoms with Crippen molar-refractivity contribution in [3.8, 4) is 11.5 Å². The highest BCUT2D eigenvalue weighted by Gasteiger charge is 2.17. The van der Waals surface area contributed by atoms with E-state index in [1.54, 1.807) is 12.1 Å². The molecule has 0 spiro atoms. The molecular weight excluding hydrogens is 334 g/mol. The molecule has 1 aliphatic rings. The summed E-state index contributed by atoms with van der Waals surface area (Å²) in [6, 6.07) is 8.54. The minimum Gasteiger partial charge on any atom is -0.454 e. The molecule has 0 fully saturated rings. The summed E-state index contributed by atoms with van der Waals surface area (Å²) in [7, 11) is 0. The standard InChI is InChI=1S/C19H21N3O4/c1-19(2,3)22-17(23)13-6-7-20-14(9-13)18(24)21-10-12-4-5-15-16(8-12)26-11-25-15/h4-9H,10-11H2,1-3H3,(H,21,24)(H,22,23). The fourth-order valence-corrected chi connectivity index (χ4v) is 2.43. The maximum Gasteiger partial charge on any atom is 0.270 e. The zero-order chi connectivity index (χ0) is 18.7. The summed E-state index contributed by atoms with van der Waals surface area (Å²) in [4.78, 5) is 28.6. The molecule has 136 valence electrons. The molecule has 0 unspecified atom stereocenters. The fraction of sp³-hybridized carbons (Fsp3) is 0.316. The van der Waals surface area contributed by atoms with Crippen LogP contribution in [0, 0.1) is 0 Å². The van der Waals surface area contributed by atoms with E-state index in [0.717, 1.165) is 5.56 Å². The van der Waals surface area contributed by atoms with Crippen LogP contribution in [0.4, 0.5) is 0 Å². The number of carbonyl (C=O) groups is 2. The average molecular weight is 355 g/mol. The van der Waals surface area contributed by atoms with Crippen LogP contribution in [0.3, 0.4) is 0 Å². The smallest absolute Gasteiger partial charge is 0.270 e. The van der Waals surface area contributed by atoms with E-state index in [9.17, 15) is 9.59 Å². The number of pyridine rings is 1.